The van der Waals surface area contributed by atoms with Crippen molar-refractivity contribution in [2.75, 3.05) is 6.54 Å². The lowest BCUT2D eigenvalue weighted by Gasteiger charge is -2.19. The second-order valence-corrected chi connectivity index (χ2v) is 10.2. The number of hydrogen-bond acceptors (Lipinski definition) is 4. The molecule has 2 heterocycles. The number of carbonyl (C=O) groups is 1. The van der Waals surface area contributed by atoms with Crippen LogP contribution in [-0.2, 0) is 0 Å². The van der Waals surface area contributed by atoms with Crippen molar-refractivity contribution in [2.45, 2.75) is 32.2 Å². The average Bonchev–Trinajstić information content (AvgIpc) is 3.55. The summed E-state index contributed by atoms with van der Waals surface area (Å²) in [6.07, 6.45) is 2.57. The number of nitrogens with one attached hydrogen (secondary N) is 1. The third kappa shape index (κ3) is 4.21. The van der Waals surface area contributed by atoms with Gasteiger partial charge in [-0.3, -0.25) is 9.59 Å². The number of aryl methyl sites for hydroxylation is 1. The van der Waals surface area contributed by atoms with Gasteiger partial charge in [-0.15, -0.1) is 0 Å². The van der Waals surface area contributed by atoms with Crippen LogP contribution in [0, 0.1) is 12.8 Å². The molecular formula is C30H26ClN3O3. The zero-order valence-electron chi connectivity index (χ0n) is 20.4. The lowest BCUT2D eigenvalue weighted by atomic mass is 10.0. The SMILES string of the molecule is Cc1onc2c1c(=O)n([C@@H]1CC[C@H](CNC(=O)c3ccc(-c4ccccc4)cc3)C1)c1cccc(Cl)c21. The predicted octanol–water partition coefficient (Wildman–Crippen LogP) is 6.54. The Labute approximate surface area is 218 Å². The molecule has 6 rings (SSSR count). The van der Waals surface area contributed by atoms with Crippen LogP contribution in [0.3, 0.4) is 0 Å². The Morgan fingerprint density at radius 2 is 1.76 bits per heavy atom. The molecule has 0 unspecified atom stereocenters. The first kappa shape index (κ1) is 23.5. The molecule has 0 bridgehead atoms. The van der Waals surface area contributed by atoms with Crippen molar-refractivity contribution < 1.29 is 9.32 Å². The molecule has 1 saturated carbocycles. The van der Waals surface area contributed by atoms with E-state index in [0.29, 0.717) is 33.8 Å². The summed E-state index contributed by atoms with van der Waals surface area (Å²) in [6.45, 7) is 2.32. The summed E-state index contributed by atoms with van der Waals surface area (Å²) in [7, 11) is 0. The second-order valence-electron chi connectivity index (χ2n) is 9.76. The van der Waals surface area contributed by atoms with Gasteiger partial charge in [-0.1, -0.05) is 65.3 Å². The van der Waals surface area contributed by atoms with Gasteiger partial charge in [-0.05, 0) is 67.5 Å². The molecule has 3 aromatic carbocycles. The fraction of sp³-hybridized carbons (Fsp3) is 0.233. The summed E-state index contributed by atoms with van der Waals surface area (Å²) in [5.41, 5.74) is 4.02. The van der Waals surface area contributed by atoms with Crippen LogP contribution in [0.4, 0.5) is 0 Å². The van der Waals surface area contributed by atoms with E-state index in [9.17, 15) is 9.59 Å². The zero-order valence-corrected chi connectivity index (χ0v) is 21.2. The van der Waals surface area contributed by atoms with E-state index in [-0.39, 0.29) is 23.4 Å². The van der Waals surface area contributed by atoms with Gasteiger partial charge in [0.25, 0.3) is 11.5 Å². The number of fused-ring (bicyclic) bond motifs is 3. The Morgan fingerprint density at radius 1 is 1.00 bits per heavy atom. The maximum absolute atomic E-state index is 13.6. The van der Waals surface area contributed by atoms with E-state index in [1.54, 1.807) is 6.92 Å². The molecular weight excluding hydrogens is 486 g/mol. The molecule has 1 amide bonds. The van der Waals surface area contributed by atoms with Crippen LogP contribution >= 0.6 is 11.6 Å². The van der Waals surface area contributed by atoms with Gasteiger partial charge < -0.3 is 14.4 Å². The summed E-state index contributed by atoms with van der Waals surface area (Å²) in [5, 5.41) is 9.00. The summed E-state index contributed by atoms with van der Waals surface area (Å²) >= 11 is 6.55. The number of rotatable bonds is 5. The number of nitrogens with zero attached hydrogens (tertiary/aromatic N) is 2. The standard InChI is InChI=1S/C30H26ClN3O3/c1-18-26-28(33-37-18)27-24(31)8-5-9-25(27)34(30(26)36)23-15-10-19(16-23)17-32-29(35)22-13-11-21(12-14-22)20-6-3-2-4-7-20/h2-9,11-14,19,23H,10,15-17H2,1H3,(H,32,35)/t19-,23+/m0/s1. The highest BCUT2D eigenvalue weighted by molar-refractivity contribution is 6.37. The van der Waals surface area contributed by atoms with Gasteiger partial charge in [0, 0.05) is 23.5 Å². The van der Waals surface area contributed by atoms with Crippen molar-refractivity contribution in [1.82, 2.24) is 15.0 Å². The fourth-order valence-corrected chi connectivity index (χ4v) is 5.85. The lowest BCUT2D eigenvalue weighted by molar-refractivity contribution is 0.0947. The van der Waals surface area contributed by atoms with Crippen LogP contribution in [-0.4, -0.2) is 22.2 Å². The highest BCUT2D eigenvalue weighted by Gasteiger charge is 2.30. The van der Waals surface area contributed by atoms with Crippen molar-refractivity contribution >= 4 is 39.3 Å². The number of aromatic nitrogens is 2. The third-order valence-corrected chi connectivity index (χ3v) is 7.78. The molecule has 186 valence electrons. The van der Waals surface area contributed by atoms with Crippen molar-refractivity contribution in [3.63, 3.8) is 0 Å². The average molecular weight is 512 g/mol. The van der Waals surface area contributed by atoms with Crippen LogP contribution in [0.2, 0.25) is 5.02 Å². The molecule has 2 atom stereocenters. The monoisotopic (exact) mass is 511 g/mol. The van der Waals surface area contributed by atoms with Crippen LogP contribution in [0.15, 0.2) is 82.1 Å². The van der Waals surface area contributed by atoms with Gasteiger partial charge in [-0.2, -0.15) is 0 Å². The van der Waals surface area contributed by atoms with E-state index in [4.69, 9.17) is 16.1 Å². The van der Waals surface area contributed by atoms with E-state index >= 15 is 0 Å². The van der Waals surface area contributed by atoms with Crippen molar-refractivity contribution in [1.29, 1.82) is 0 Å². The van der Waals surface area contributed by atoms with E-state index in [1.165, 1.54) is 0 Å². The molecule has 2 aromatic heterocycles. The predicted molar refractivity (Wildman–Crippen MR) is 146 cm³/mol. The number of amides is 1. The van der Waals surface area contributed by atoms with Gasteiger partial charge in [0.15, 0.2) is 0 Å². The highest BCUT2D eigenvalue weighted by Crippen LogP contribution is 2.38. The molecule has 5 aromatic rings. The number of halogens is 1. The number of benzene rings is 3. The summed E-state index contributed by atoms with van der Waals surface area (Å²) < 4.78 is 7.23. The van der Waals surface area contributed by atoms with Crippen molar-refractivity contribution in [3.05, 3.63) is 99.5 Å². The Morgan fingerprint density at radius 3 is 2.54 bits per heavy atom. The molecule has 1 N–H and O–H groups in total. The molecule has 1 aliphatic carbocycles. The molecule has 1 fully saturated rings. The maximum Gasteiger partial charge on any atom is 0.264 e. The third-order valence-electron chi connectivity index (χ3n) is 7.47. The van der Waals surface area contributed by atoms with Gasteiger partial charge in [0.1, 0.15) is 16.7 Å². The minimum atomic E-state index is -0.100. The fourth-order valence-electron chi connectivity index (χ4n) is 5.59. The Bertz CT molecular complexity index is 1670. The zero-order chi connectivity index (χ0) is 25.5. The molecule has 1 aliphatic rings. The van der Waals surface area contributed by atoms with E-state index in [0.717, 1.165) is 41.3 Å². The summed E-state index contributed by atoms with van der Waals surface area (Å²) in [4.78, 5) is 26.4. The van der Waals surface area contributed by atoms with Gasteiger partial charge >= 0.3 is 0 Å². The molecule has 7 heteroatoms. The quantitative estimate of drug-likeness (QED) is 0.290. The number of pyridine rings is 1. The topological polar surface area (TPSA) is 77.1 Å². The number of hydrogen-bond donors (Lipinski definition) is 1. The Balaban J connectivity index is 1.19. The Hall–Kier alpha value is -3.90. The normalized spacial score (nSPS) is 17.5. The first-order valence-corrected chi connectivity index (χ1v) is 12.9. The van der Waals surface area contributed by atoms with Gasteiger partial charge in [0.05, 0.1) is 10.5 Å². The van der Waals surface area contributed by atoms with E-state index < -0.39 is 0 Å². The number of carbonyl (C=O) groups excluding carboxylic acids is 1. The maximum atomic E-state index is 13.6. The molecule has 0 saturated heterocycles. The van der Waals surface area contributed by atoms with Crippen LogP contribution < -0.4 is 10.9 Å². The Kier molecular flexibility index (Phi) is 6.05. The summed E-state index contributed by atoms with van der Waals surface area (Å²) in [5.74, 6) is 0.688. The first-order valence-electron chi connectivity index (χ1n) is 12.5. The molecule has 37 heavy (non-hydrogen) atoms. The smallest absolute Gasteiger partial charge is 0.264 e. The molecule has 6 nitrogen and oxygen atoms in total. The molecule has 0 spiro atoms. The summed E-state index contributed by atoms with van der Waals surface area (Å²) in [6, 6.07) is 23.4. The van der Waals surface area contributed by atoms with Crippen molar-refractivity contribution in [2.24, 2.45) is 5.92 Å². The van der Waals surface area contributed by atoms with E-state index in [1.807, 2.05) is 65.2 Å². The van der Waals surface area contributed by atoms with Gasteiger partial charge in [0.2, 0.25) is 0 Å². The first-order chi connectivity index (χ1) is 18.0. The minimum Gasteiger partial charge on any atom is -0.360 e. The van der Waals surface area contributed by atoms with Crippen LogP contribution in [0.5, 0.6) is 0 Å². The highest BCUT2D eigenvalue weighted by atomic mass is 35.5. The van der Waals surface area contributed by atoms with Crippen LogP contribution in [0.25, 0.3) is 32.9 Å². The largest absolute Gasteiger partial charge is 0.360 e. The molecule has 0 radical (unpaired) electrons. The van der Waals surface area contributed by atoms with Crippen LogP contribution in [0.1, 0.15) is 41.4 Å². The van der Waals surface area contributed by atoms with Gasteiger partial charge in [-0.25, -0.2) is 0 Å². The van der Waals surface area contributed by atoms with Crippen molar-refractivity contribution in [3.8, 4) is 11.1 Å². The van der Waals surface area contributed by atoms with E-state index in [2.05, 4.69) is 22.6 Å². The lowest BCUT2D eigenvalue weighted by Crippen LogP contribution is -2.29. The minimum absolute atomic E-state index is 0.0132. The molecule has 0 aliphatic heterocycles. The second kappa shape index (κ2) is 9.52.